The molecule has 0 saturated heterocycles. The molecule has 1 heterocycles. The van der Waals surface area contributed by atoms with E-state index < -0.39 is 0 Å². The van der Waals surface area contributed by atoms with Crippen molar-refractivity contribution in [3.05, 3.63) is 42.7 Å². The number of ether oxygens (including phenoxy) is 1. The Morgan fingerprint density at radius 2 is 2.18 bits per heavy atom. The minimum atomic E-state index is -0.252. The molecule has 1 aromatic heterocycles. The molecule has 0 bridgehead atoms. The Bertz CT molecular complexity index is 496. The van der Waals surface area contributed by atoms with Crippen LogP contribution in [0.3, 0.4) is 0 Å². The summed E-state index contributed by atoms with van der Waals surface area (Å²) in [6, 6.07) is 9.86. The van der Waals surface area contributed by atoms with Gasteiger partial charge in [0.15, 0.2) is 5.16 Å². The van der Waals surface area contributed by atoms with Gasteiger partial charge in [0.2, 0.25) is 0 Å². The number of esters is 1. The molecular formula is C12H12N2O2S. The fraction of sp³-hybridized carbons (Fsp3) is 0.167. The minimum absolute atomic E-state index is 0.252. The number of rotatable bonds is 4. The van der Waals surface area contributed by atoms with Crippen LogP contribution in [-0.4, -0.2) is 28.4 Å². The van der Waals surface area contributed by atoms with Gasteiger partial charge in [-0.2, -0.15) is 0 Å². The second kappa shape index (κ2) is 5.54. The molecule has 5 heteroatoms. The largest absolute Gasteiger partial charge is 0.468 e. The maximum atomic E-state index is 11.1. The smallest absolute Gasteiger partial charge is 0.316 e. The zero-order chi connectivity index (χ0) is 12.1. The van der Waals surface area contributed by atoms with Crippen LogP contribution in [0.4, 0.5) is 0 Å². The quantitative estimate of drug-likeness (QED) is 0.614. The second-order valence-electron chi connectivity index (χ2n) is 3.28. The van der Waals surface area contributed by atoms with Gasteiger partial charge >= 0.3 is 5.97 Å². The molecule has 0 fully saturated rings. The first-order chi connectivity index (χ1) is 8.31. The summed E-state index contributed by atoms with van der Waals surface area (Å²) in [7, 11) is 1.38. The van der Waals surface area contributed by atoms with Crippen molar-refractivity contribution in [1.29, 1.82) is 0 Å². The Balaban J connectivity index is 2.15. The summed E-state index contributed by atoms with van der Waals surface area (Å²) in [6.45, 7) is 0. The van der Waals surface area contributed by atoms with Crippen molar-refractivity contribution in [3.8, 4) is 5.69 Å². The van der Waals surface area contributed by atoms with Gasteiger partial charge in [-0.1, -0.05) is 30.0 Å². The van der Waals surface area contributed by atoms with E-state index in [0.29, 0.717) is 0 Å². The van der Waals surface area contributed by atoms with Crippen LogP contribution in [0.1, 0.15) is 0 Å². The molecule has 0 N–H and O–H groups in total. The Kier molecular flexibility index (Phi) is 3.82. The highest BCUT2D eigenvalue weighted by Gasteiger charge is 2.08. The molecular weight excluding hydrogens is 236 g/mol. The average molecular weight is 248 g/mol. The highest BCUT2D eigenvalue weighted by molar-refractivity contribution is 7.99. The predicted molar refractivity (Wildman–Crippen MR) is 66.3 cm³/mol. The van der Waals surface area contributed by atoms with Crippen LogP contribution in [-0.2, 0) is 9.53 Å². The molecule has 2 aromatic rings. The Hall–Kier alpha value is -1.75. The fourth-order valence-electron chi connectivity index (χ4n) is 1.36. The monoisotopic (exact) mass is 248 g/mol. The maximum absolute atomic E-state index is 11.1. The summed E-state index contributed by atoms with van der Waals surface area (Å²) < 4.78 is 6.54. The van der Waals surface area contributed by atoms with Crippen molar-refractivity contribution in [1.82, 2.24) is 9.55 Å². The summed E-state index contributed by atoms with van der Waals surface area (Å²) in [6.07, 6.45) is 3.58. The highest BCUT2D eigenvalue weighted by atomic mass is 32.2. The lowest BCUT2D eigenvalue weighted by Gasteiger charge is -2.06. The number of hydrogen-bond acceptors (Lipinski definition) is 4. The van der Waals surface area contributed by atoms with Gasteiger partial charge in [0.25, 0.3) is 0 Å². The molecule has 88 valence electrons. The molecule has 17 heavy (non-hydrogen) atoms. The average Bonchev–Trinajstić information content (AvgIpc) is 2.85. The van der Waals surface area contributed by atoms with E-state index in [1.165, 1.54) is 18.9 Å². The lowest BCUT2D eigenvalue weighted by molar-refractivity contribution is -0.137. The van der Waals surface area contributed by atoms with E-state index in [9.17, 15) is 4.79 Å². The lowest BCUT2D eigenvalue weighted by atomic mass is 10.3. The maximum Gasteiger partial charge on any atom is 0.316 e. The summed E-state index contributed by atoms with van der Waals surface area (Å²) in [5.74, 6) is 0.0120. The molecule has 2 rings (SSSR count). The van der Waals surface area contributed by atoms with E-state index in [4.69, 9.17) is 0 Å². The third kappa shape index (κ3) is 2.88. The molecule has 0 amide bonds. The number of imidazole rings is 1. The summed E-state index contributed by atoms with van der Waals surface area (Å²) >= 11 is 1.36. The van der Waals surface area contributed by atoms with Crippen LogP contribution < -0.4 is 0 Å². The molecule has 1 aromatic carbocycles. The number of para-hydroxylation sites is 1. The molecule has 0 aliphatic rings. The molecule has 0 aliphatic heterocycles. The van der Waals surface area contributed by atoms with Crippen molar-refractivity contribution in [2.45, 2.75) is 5.16 Å². The summed E-state index contributed by atoms with van der Waals surface area (Å²) in [5, 5.41) is 0.779. The first-order valence-corrected chi connectivity index (χ1v) is 6.08. The van der Waals surface area contributed by atoms with Gasteiger partial charge in [0.1, 0.15) is 0 Å². The van der Waals surface area contributed by atoms with Gasteiger partial charge in [-0.15, -0.1) is 0 Å². The molecule has 0 spiro atoms. The second-order valence-corrected chi connectivity index (χ2v) is 4.22. The lowest BCUT2D eigenvalue weighted by Crippen LogP contribution is -2.04. The zero-order valence-corrected chi connectivity index (χ0v) is 10.2. The van der Waals surface area contributed by atoms with E-state index >= 15 is 0 Å². The van der Waals surface area contributed by atoms with Crippen LogP contribution >= 0.6 is 11.8 Å². The zero-order valence-electron chi connectivity index (χ0n) is 9.37. The third-order valence-corrected chi connectivity index (χ3v) is 3.13. The number of methoxy groups -OCH3 is 1. The van der Waals surface area contributed by atoms with E-state index in [1.54, 1.807) is 6.20 Å². The van der Waals surface area contributed by atoms with E-state index in [-0.39, 0.29) is 11.7 Å². The van der Waals surface area contributed by atoms with Crippen molar-refractivity contribution >= 4 is 17.7 Å². The van der Waals surface area contributed by atoms with Crippen LogP contribution in [0.5, 0.6) is 0 Å². The van der Waals surface area contributed by atoms with Crippen molar-refractivity contribution in [2.75, 3.05) is 12.9 Å². The number of aromatic nitrogens is 2. The first kappa shape index (κ1) is 11.7. The molecule has 0 atom stereocenters. The van der Waals surface area contributed by atoms with Crippen molar-refractivity contribution in [3.63, 3.8) is 0 Å². The summed E-state index contributed by atoms with van der Waals surface area (Å²) in [4.78, 5) is 15.3. The Labute approximate surface area is 104 Å². The van der Waals surface area contributed by atoms with E-state index in [0.717, 1.165) is 10.8 Å². The number of hydrogen-bond donors (Lipinski definition) is 0. The predicted octanol–water partition coefficient (Wildman–Crippen LogP) is 2.14. The Morgan fingerprint density at radius 1 is 1.41 bits per heavy atom. The van der Waals surface area contributed by atoms with Gasteiger partial charge in [0, 0.05) is 18.1 Å². The van der Waals surface area contributed by atoms with Gasteiger partial charge in [-0.25, -0.2) is 4.98 Å². The fourth-order valence-corrected chi connectivity index (χ4v) is 2.17. The van der Waals surface area contributed by atoms with Crippen molar-refractivity contribution < 1.29 is 9.53 Å². The van der Waals surface area contributed by atoms with Gasteiger partial charge in [0.05, 0.1) is 12.9 Å². The van der Waals surface area contributed by atoms with E-state index in [1.807, 2.05) is 41.1 Å². The molecule has 0 unspecified atom stereocenters. The van der Waals surface area contributed by atoms with Crippen molar-refractivity contribution in [2.24, 2.45) is 0 Å². The topological polar surface area (TPSA) is 44.1 Å². The third-order valence-electron chi connectivity index (χ3n) is 2.19. The first-order valence-electron chi connectivity index (χ1n) is 5.09. The molecule has 0 saturated carbocycles. The van der Waals surface area contributed by atoms with Gasteiger partial charge < -0.3 is 4.74 Å². The summed E-state index contributed by atoms with van der Waals surface area (Å²) in [5.41, 5.74) is 1.03. The van der Waals surface area contributed by atoms with Gasteiger partial charge in [-0.3, -0.25) is 9.36 Å². The number of carbonyl (C=O) groups excluding carboxylic acids is 1. The van der Waals surface area contributed by atoms with Crippen LogP contribution in [0.2, 0.25) is 0 Å². The Morgan fingerprint density at radius 3 is 2.88 bits per heavy atom. The number of benzene rings is 1. The minimum Gasteiger partial charge on any atom is -0.468 e. The number of thioether (sulfide) groups is 1. The molecule has 0 aliphatic carbocycles. The normalized spacial score (nSPS) is 10.2. The number of carbonyl (C=O) groups is 1. The van der Waals surface area contributed by atoms with Crippen LogP contribution in [0, 0.1) is 0 Å². The van der Waals surface area contributed by atoms with Crippen LogP contribution in [0.15, 0.2) is 47.9 Å². The standard InChI is InChI=1S/C12H12N2O2S/c1-16-11(15)9-17-12-13-7-8-14(12)10-5-3-2-4-6-10/h2-8H,9H2,1H3. The SMILES string of the molecule is COC(=O)CSc1nccn1-c1ccccc1. The molecule has 4 nitrogen and oxygen atoms in total. The number of nitrogens with zero attached hydrogens (tertiary/aromatic N) is 2. The van der Waals surface area contributed by atoms with E-state index in [2.05, 4.69) is 9.72 Å². The highest BCUT2D eigenvalue weighted by Crippen LogP contribution is 2.20. The van der Waals surface area contributed by atoms with Gasteiger partial charge in [-0.05, 0) is 12.1 Å². The molecule has 0 radical (unpaired) electrons. The van der Waals surface area contributed by atoms with Crippen LogP contribution in [0.25, 0.3) is 5.69 Å².